The molecule has 0 atom stereocenters. The molecule has 0 aromatic heterocycles. The van der Waals surface area contributed by atoms with Crippen molar-refractivity contribution in [3.8, 4) is 0 Å². The fraction of sp³-hybridized carbons (Fsp3) is 0.625. The highest BCUT2D eigenvalue weighted by molar-refractivity contribution is 5.47. The van der Waals surface area contributed by atoms with E-state index in [9.17, 15) is 4.39 Å². The van der Waals surface area contributed by atoms with Crippen molar-refractivity contribution in [2.24, 2.45) is 17.6 Å². The Morgan fingerprint density at radius 1 is 1.32 bits per heavy atom. The molecule has 0 radical (unpaired) electrons. The number of anilines is 1. The molecule has 0 aliphatic heterocycles. The van der Waals surface area contributed by atoms with E-state index in [0.29, 0.717) is 12.2 Å². The standard InChI is InChI=1S/C16H25FN2/c1-12(2)13-7-9-16(11-18,10-8-13)19-15-6-4-3-5-14(15)17/h3-6,12-13,19H,7-11,18H2,1-2H3. The third-order valence-corrected chi connectivity index (χ3v) is 4.59. The minimum Gasteiger partial charge on any atom is -0.376 e. The molecule has 1 saturated carbocycles. The van der Waals surface area contributed by atoms with Crippen LogP contribution in [-0.2, 0) is 0 Å². The minimum atomic E-state index is -0.193. The fourth-order valence-electron chi connectivity index (χ4n) is 3.09. The summed E-state index contributed by atoms with van der Waals surface area (Å²) < 4.78 is 13.8. The zero-order valence-electron chi connectivity index (χ0n) is 12.0. The van der Waals surface area contributed by atoms with Crippen LogP contribution in [0.25, 0.3) is 0 Å². The molecule has 1 aromatic carbocycles. The monoisotopic (exact) mass is 264 g/mol. The first kappa shape index (κ1) is 14.3. The smallest absolute Gasteiger partial charge is 0.146 e. The second-order valence-corrected chi connectivity index (χ2v) is 6.17. The summed E-state index contributed by atoms with van der Waals surface area (Å²) in [5, 5.41) is 3.37. The lowest BCUT2D eigenvalue weighted by atomic mass is 9.72. The summed E-state index contributed by atoms with van der Waals surface area (Å²) in [7, 11) is 0. The molecule has 2 rings (SSSR count). The van der Waals surface area contributed by atoms with E-state index in [1.165, 1.54) is 18.9 Å². The molecule has 2 nitrogen and oxygen atoms in total. The number of hydrogen-bond acceptors (Lipinski definition) is 2. The number of halogens is 1. The average molecular weight is 264 g/mol. The molecule has 0 heterocycles. The molecule has 3 N–H and O–H groups in total. The maximum absolute atomic E-state index is 13.8. The van der Waals surface area contributed by atoms with Gasteiger partial charge in [-0.2, -0.15) is 0 Å². The van der Waals surface area contributed by atoms with Crippen LogP contribution in [0.5, 0.6) is 0 Å². The molecule has 1 aliphatic carbocycles. The highest BCUT2D eigenvalue weighted by Crippen LogP contribution is 2.37. The minimum absolute atomic E-state index is 0.131. The topological polar surface area (TPSA) is 38.0 Å². The maximum Gasteiger partial charge on any atom is 0.146 e. The SMILES string of the molecule is CC(C)C1CCC(CN)(Nc2ccccc2F)CC1. The normalized spacial score (nSPS) is 27.5. The predicted octanol–water partition coefficient (Wildman–Crippen LogP) is 3.78. The Morgan fingerprint density at radius 3 is 2.47 bits per heavy atom. The summed E-state index contributed by atoms with van der Waals surface area (Å²) in [5.41, 5.74) is 6.42. The van der Waals surface area contributed by atoms with E-state index in [0.717, 1.165) is 24.7 Å². The lowest BCUT2D eigenvalue weighted by Crippen LogP contribution is -2.48. The van der Waals surface area contributed by atoms with Crippen LogP contribution < -0.4 is 11.1 Å². The number of hydrogen-bond donors (Lipinski definition) is 2. The van der Waals surface area contributed by atoms with Gasteiger partial charge >= 0.3 is 0 Å². The van der Waals surface area contributed by atoms with E-state index < -0.39 is 0 Å². The molecule has 0 amide bonds. The van der Waals surface area contributed by atoms with Crippen LogP contribution in [0.15, 0.2) is 24.3 Å². The van der Waals surface area contributed by atoms with Gasteiger partial charge in [-0.25, -0.2) is 4.39 Å². The van der Waals surface area contributed by atoms with Crippen LogP contribution in [0.3, 0.4) is 0 Å². The third kappa shape index (κ3) is 3.27. The Morgan fingerprint density at radius 2 is 1.95 bits per heavy atom. The van der Waals surface area contributed by atoms with E-state index in [4.69, 9.17) is 5.73 Å². The van der Waals surface area contributed by atoms with Gasteiger partial charge < -0.3 is 11.1 Å². The molecule has 1 aromatic rings. The van der Waals surface area contributed by atoms with Crippen molar-refractivity contribution < 1.29 is 4.39 Å². The molecular weight excluding hydrogens is 239 g/mol. The summed E-state index contributed by atoms with van der Waals surface area (Å²) in [4.78, 5) is 0. The Hall–Kier alpha value is -1.09. The molecule has 3 heteroatoms. The van der Waals surface area contributed by atoms with Crippen molar-refractivity contribution in [3.63, 3.8) is 0 Å². The molecule has 1 fully saturated rings. The zero-order valence-corrected chi connectivity index (χ0v) is 12.0. The van der Waals surface area contributed by atoms with E-state index >= 15 is 0 Å². The van der Waals surface area contributed by atoms with Crippen molar-refractivity contribution in [2.75, 3.05) is 11.9 Å². The van der Waals surface area contributed by atoms with Gasteiger partial charge in [0.05, 0.1) is 5.69 Å². The second-order valence-electron chi connectivity index (χ2n) is 6.17. The van der Waals surface area contributed by atoms with E-state index in [1.807, 2.05) is 6.07 Å². The van der Waals surface area contributed by atoms with Crippen LogP contribution in [0.4, 0.5) is 10.1 Å². The molecule has 1 aliphatic rings. The van der Waals surface area contributed by atoms with Gasteiger partial charge in [-0.1, -0.05) is 26.0 Å². The summed E-state index contributed by atoms with van der Waals surface area (Å²) in [5.74, 6) is 1.31. The van der Waals surface area contributed by atoms with Gasteiger partial charge in [0.25, 0.3) is 0 Å². The van der Waals surface area contributed by atoms with Gasteiger partial charge in [0, 0.05) is 12.1 Å². The molecule has 0 saturated heterocycles. The second kappa shape index (κ2) is 5.91. The van der Waals surface area contributed by atoms with Gasteiger partial charge in [0.15, 0.2) is 0 Å². The molecule has 106 valence electrons. The van der Waals surface area contributed by atoms with Gasteiger partial charge in [-0.05, 0) is 49.7 Å². The summed E-state index contributed by atoms with van der Waals surface area (Å²) in [6.07, 6.45) is 4.41. The molecular formula is C16H25FN2. The van der Waals surface area contributed by atoms with E-state index in [2.05, 4.69) is 19.2 Å². The number of rotatable bonds is 4. The highest BCUT2D eigenvalue weighted by Gasteiger charge is 2.35. The number of para-hydroxylation sites is 1. The lowest BCUT2D eigenvalue weighted by molar-refractivity contribution is 0.213. The maximum atomic E-state index is 13.8. The van der Waals surface area contributed by atoms with Crippen LogP contribution in [0.1, 0.15) is 39.5 Å². The summed E-state index contributed by atoms with van der Waals surface area (Å²) >= 11 is 0. The Labute approximate surface area is 115 Å². The van der Waals surface area contributed by atoms with Crippen LogP contribution in [-0.4, -0.2) is 12.1 Å². The van der Waals surface area contributed by atoms with Gasteiger partial charge in [-0.15, -0.1) is 0 Å². The average Bonchev–Trinajstić information content (AvgIpc) is 2.42. The van der Waals surface area contributed by atoms with Crippen molar-refractivity contribution >= 4 is 5.69 Å². The zero-order chi connectivity index (χ0) is 13.9. The van der Waals surface area contributed by atoms with E-state index in [-0.39, 0.29) is 11.4 Å². The van der Waals surface area contributed by atoms with Gasteiger partial charge in [-0.3, -0.25) is 0 Å². The lowest BCUT2D eigenvalue weighted by Gasteiger charge is -2.42. The van der Waals surface area contributed by atoms with Gasteiger partial charge in [0.1, 0.15) is 5.82 Å². The van der Waals surface area contributed by atoms with Crippen LogP contribution >= 0.6 is 0 Å². The first-order valence-corrected chi connectivity index (χ1v) is 7.29. The Balaban J connectivity index is 2.07. The van der Waals surface area contributed by atoms with Gasteiger partial charge in [0.2, 0.25) is 0 Å². The van der Waals surface area contributed by atoms with Crippen molar-refractivity contribution in [2.45, 2.75) is 45.1 Å². The van der Waals surface area contributed by atoms with Crippen molar-refractivity contribution in [3.05, 3.63) is 30.1 Å². The highest BCUT2D eigenvalue weighted by atomic mass is 19.1. The Kier molecular flexibility index (Phi) is 4.46. The molecule has 0 unspecified atom stereocenters. The number of benzene rings is 1. The van der Waals surface area contributed by atoms with Crippen molar-refractivity contribution in [1.82, 2.24) is 0 Å². The predicted molar refractivity (Wildman–Crippen MR) is 78.6 cm³/mol. The number of nitrogens with one attached hydrogen (secondary N) is 1. The number of nitrogens with two attached hydrogens (primary N) is 1. The summed E-state index contributed by atoms with van der Waals surface area (Å²) in [6, 6.07) is 6.86. The van der Waals surface area contributed by atoms with Crippen LogP contribution in [0.2, 0.25) is 0 Å². The summed E-state index contributed by atoms with van der Waals surface area (Å²) in [6.45, 7) is 5.13. The molecule has 19 heavy (non-hydrogen) atoms. The van der Waals surface area contributed by atoms with Crippen LogP contribution in [0, 0.1) is 17.7 Å². The largest absolute Gasteiger partial charge is 0.376 e. The Bertz CT molecular complexity index is 409. The fourth-order valence-corrected chi connectivity index (χ4v) is 3.09. The van der Waals surface area contributed by atoms with E-state index in [1.54, 1.807) is 12.1 Å². The quantitative estimate of drug-likeness (QED) is 0.868. The molecule has 0 bridgehead atoms. The van der Waals surface area contributed by atoms with Crippen molar-refractivity contribution in [1.29, 1.82) is 0 Å². The molecule has 0 spiro atoms. The third-order valence-electron chi connectivity index (χ3n) is 4.59. The first-order chi connectivity index (χ1) is 9.06. The first-order valence-electron chi connectivity index (χ1n) is 7.29.